The van der Waals surface area contributed by atoms with Gasteiger partial charge < -0.3 is 19.5 Å². The lowest BCUT2D eigenvalue weighted by atomic mass is 9.82. The van der Waals surface area contributed by atoms with Crippen molar-refractivity contribution in [3.05, 3.63) is 41.2 Å². The Balaban J connectivity index is 1.20. The first-order valence-electron chi connectivity index (χ1n) is 13.4. The minimum Gasteiger partial charge on any atom is -0.381 e. The predicted octanol–water partition coefficient (Wildman–Crippen LogP) is 4.94. The molecular weight excluding hydrogens is 490 g/mol. The number of aromatic nitrogens is 2. The van der Waals surface area contributed by atoms with Gasteiger partial charge in [0.2, 0.25) is 5.91 Å². The molecule has 2 N–H and O–H groups in total. The molecule has 0 unspecified atom stereocenters. The normalized spacial score (nSPS) is 24.9. The van der Waals surface area contributed by atoms with Crippen LogP contribution in [0.4, 0.5) is 5.82 Å². The van der Waals surface area contributed by atoms with Crippen LogP contribution in [0.5, 0.6) is 0 Å². The molecule has 9 heteroatoms. The van der Waals surface area contributed by atoms with Crippen LogP contribution in [0.25, 0.3) is 11.3 Å². The van der Waals surface area contributed by atoms with Crippen molar-refractivity contribution in [3.8, 4) is 17.3 Å². The van der Waals surface area contributed by atoms with Crippen molar-refractivity contribution in [1.82, 2.24) is 15.3 Å². The molecule has 2 aromatic heterocycles. The fourth-order valence-electron chi connectivity index (χ4n) is 5.60. The Hall–Kier alpha value is -2.28. The minimum absolute atomic E-state index is 0.411. The van der Waals surface area contributed by atoms with E-state index < -0.39 is 11.3 Å². The summed E-state index contributed by atoms with van der Waals surface area (Å²) in [6, 6.07) is 10.9. The van der Waals surface area contributed by atoms with Crippen molar-refractivity contribution in [2.75, 3.05) is 38.3 Å². The molecule has 0 atom stereocenters. The molecule has 3 fully saturated rings. The zero-order valence-electron chi connectivity index (χ0n) is 21.5. The highest BCUT2D eigenvalue weighted by atomic mass is 35.5. The second-order valence-electron chi connectivity index (χ2n) is 10.6. The third-order valence-corrected chi connectivity index (χ3v) is 8.18. The van der Waals surface area contributed by atoms with Crippen molar-refractivity contribution in [2.24, 2.45) is 11.3 Å². The lowest BCUT2D eigenvalue weighted by Gasteiger charge is -2.34. The van der Waals surface area contributed by atoms with Gasteiger partial charge in [0, 0.05) is 50.2 Å². The van der Waals surface area contributed by atoms with E-state index in [1.807, 2.05) is 25.1 Å². The SMILES string of the molecule is CC1(NC2CCC(Cc3cc(-c4cccc(NCC5(C#N)CCOCC5)n4)c(Cl)cn3)CC2)OCCO1. The first-order chi connectivity index (χ1) is 18.0. The van der Waals surface area contributed by atoms with Gasteiger partial charge in [-0.25, -0.2) is 4.98 Å². The molecule has 8 nitrogen and oxygen atoms in total. The van der Waals surface area contributed by atoms with Gasteiger partial charge in [0.1, 0.15) is 5.82 Å². The van der Waals surface area contributed by atoms with Crippen molar-refractivity contribution >= 4 is 17.4 Å². The molecule has 4 heterocycles. The Labute approximate surface area is 224 Å². The summed E-state index contributed by atoms with van der Waals surface area (Å²) >= 11 is 6.57. The molecule has 2 aliphatic heterocycles. The topological polar surface area (TPSA) is 101 Å². The molecule has 0 amide bonds. The summed E-state index contributed by atoms with van der Waals surface area (Å²) in [7, 11) is 0. The second kappa shape index (κ2) is 11.6. The number of pyridine rings is 2. The van der Waals surface area contributed by atoms with Crippen LogP contribution in [0.3, 0.4) is 0 Å². The Morgan fingerprint density at radius 2 is 1.86 bits per heavy atom. The summed E-state index contributed by atoms with van der Waals surface area (Å²) in [4.78, 5) is 9.44. The number of hydrogen-bond acceptors (Lipinski definition) is 8. The summed E-state index contributed by atoms with van der Waals surface area (Å²) in [5.41, 5.74) is 2.31. The highest BCUT2D eigenvalue weighted by molar-refractivity contribution is 6.33. The number of ether oxygens (including phenoxy) is 3. The molecule has 3 aliphatic rings. The first kappa shape index (κ1) is 26.3. The van der Waals surface area contributed by atoms with Crippen molar-refractivity contribution < 1.29 is 14.2 Å². The molecule has 1 aliphatic carbocycles. The van der Waals surface area contributed by atoms with Crippen LogP contribution >= 0.6 is 11.6 Å². The van der Waals surface area contributed by atoms with Gasteiger partial charge in [-0.3, -0.25) is 10.3 Å². The van der Waals surface area contributed by atoms with Crippen LogP contribution in [0.2, 0.25) is 5.02 Å². The van der Waals surface area contributed by atoms with E-state index in [1.165, 1.54) is 0 Å². The molecule has 37 heavy (non-hydrogen) atoms. The van der Waals surface area contributed by atoms with Crippen LogP contribution in [0.15, 0.2) is 30.5 Å². The standard InChI is InChI=1S/C28H36ClN5O3/c1-27(36-13-14-37-27)34-21-7-5-20(6-8-21)15-22-16-23(24(29)17-31-22)25-3-2-4-26(33-25)32-19-28(18-30)9-11-35-12-10-28/h2-4,16-17,20-21,34H,5-15,19H2,1H3,(H,32,33). The smallest absolute Gasteiger partial charge is 0.224 e. The average Bonchev–Trinajstić information content (AvgIpc) is 3.36. The van der Waals surface area contributed by atoms with Gasteiger partial charge in [-0.2, -0.15) is 5.26 Å². The summed E-state index contributed by atoms with van der Waals surface area (Å²) in [6.45, 7) is 5.06. The Morgan fingerprint density at radius 1 is 1.11 bits per heavy atom. The van der Waals surface area contributed by atoms with Crippen LogP contribution in [-0.2, 0) is 20.6 Å². The van der Waals surface area contributed by atoms with Gasteiger partial charge in [0.15, 0.2) is 0 Å². The number of halogens is 1. The zero-order valence-corrected chi connectivity index (χ0v) is 22.2. The number of rotatable bonds is 8. The maximum atomic E-state index is 9.74. The van der Waals surface area contributed by atoms with Gasteiger partial charge in [-0.15, -0.1) is 0 Å². The third-order valence-electron chi connectivity index (χ3n) is 7.88. The van der Waals surface area contributed by atoms with E-state index in [9.17, 15) is 5.26 Å². The maximum Gasteiger partial charge on any atom is 0.224 e. The quantitative estimate of drug-likeness (QED) is 0.499. The molecule has 0 bridgehead atoms. The summed E-state index contributed by atoms with van der Waals surface area (Å²) in [5.74, 6) is 0.684. The Kier molecular flexibility index (Phi) is 8.28. The monoisotopic (exact) mass is 525 g/mol. The van der Waals surface area contributed by atoms with E-state index in [2.05, 4.69) is 27.8 Å². The molecule has 2 aromatic rings. The molecule has 0 aromatic carbocycles. The van der Waals surface area contributed by atoms with Gasteiger partial charge >= 0.3 is 0 Å². The van der Waals surface area contributed by atoms with Crippen LogP contribution < -0.4 is 10.6 Å². The van der Waals surface area contributed by atoms with E-state index in [-0.39, 0.29) is 0 Å². The number of anilines is 1. The average molecular weight is 526 g/mol. The van der Waals surface area contributed by atoms with E-state index >= 15 is 0 Å². The summed E-state index contributed by atoms with van der Waals surface area (Å²) in [5, 5.41) is 17.2. The van der Waals surface area contributed by atoms with E-state index in [0.717, 1.165) is 67.7 Å². The number of nitriles is 1. The molecular formula is C28H36ClN5O3. The van der Waals surface area contributed by atoms with E-state index in [1.54, 1.807) is 6.20 Å². The number of hydrogen-bond donors (Lipinski definition) is 2. The fraction of sp³-hybridized carbons (Fsp3) is 0.607. The minimum atomic E-state index is -0.638. The van der Waals surface area contributed by atoms with E-state index in [0.29, 0.717) is 50.0 Å². The first-order valence-corrected chi connectivity index (χ1v) is 13.7. The maximum absolute atomic E-state index is 9.74. The van der Waals surface area contributed by atoms with Gasteiger partial charge in [-0.05, 0) is 69.1 Å². The van der Waals surface area contributed by atoms with Crippen molar-refractivity contribution in [1.29, 1.82) is 5.26 Å². The summed E-state index contributed by atoms with van der Waals surface area (Å²) < 4.78 is 16.9. The Bertz CT molecular complexity index is 1100. The lowest BCUT2D eigenvalue weighted by molar-refractivity contribution is -0.174. The van der Waals surface area contributed by atoms with Crippen LogP contribution in [0, 0.1) is 22.7 Å². The molecule has 198 valence electrons. The lowest BCUT2D eigenvalue weighted by Crippen LogP contribution is -2.50. The van der Waals surface area contributed by atoms with Gasteiger partial charge in [-0.1, -0.05) is 17.7 Å². The Morgan fingerprint density at radius 3 is 2.59 bits per heavy atom. The van der Waals surface area contributed by atoms with Crippen LogP contribution in [0.1, 0.15) is 51.1 Å². The molecule has 0 spiro atoms. The third kappa shape index (κ3) is 6.60. The number of nitrogens with zero attached hydrogens (tertiary/aromatic N) is 3. The van der Waals surface area contributed by atoms with Crippen LogP contribution in [-0.4, -0.2) is 54.9 Å². The molecule has 2 saturated heterocycles. The van der Waals surface area contributed by atoms with Crippen molar-refractivity contribution in [3.63, 3.8) is 0 Å². The zero-order chi connectivity index (χ0) is 25.7. The highest BCUT2D eigenvalue weighted by Gasteiger charge is 2.35. The molecule has 5 rings (SSSR count). The van der Waals surface area contributed by atoms with Gasteiger partial charge in [0.25, 0.3) is 0 Å². The molecule has 1 saturated carbocycles. The van der Waals surface area contributed by atoms with Gasteiger partial charge in [0.05, 0.1) is 35.4 Å². The fourth-order valence-corrected chi connectivity index (χ4v) is 5.80. The molecule has 0 radical (unpaired) electrons. The number of nitrogens with one attached hydrogen (secondary N) is 2. The summed E-state index contributed by atoms with van der Waals surface area (Å²) in [6.07, 6.45) is 8.59. The highest BCUT2D eigenvalue weighted by Crippen LogP contribution is 2.33. The van der Waals surface area contributed by atoms with Crippen molar-refractivity contribution in [2.45, 2.75) is 63.8 Å². The van der Waals surface area contributed by atoms with E-state index in [4.69, 9.17) is 30.8 Å². The predicted molar refractivity (Wildman–Crippen MR) is 142 cm³/mol. The largest absolute Gasteiger partial charge is 0.381 e. The second-order valence-corrected chi connectivity index (χ2v) is 11.0.